The van der Waals surface area contributed by atoms with Crippen LogP contribution in [0.2, 0.25) is 0 Å². The highest BCUT2D eigenvalue weighted by atomic mass is 19.1. The van der Waals surface area contributed by atoms with Crippen molar-refractivity contribution in [2.75, 3.05) is 31.5 Å². The van der Waals surface area contributed by atoms with Crippen LogP contribution in [0.3, 0.4) is 0 Å². The van der Waals surface area contributed by atoms with Gasteiger partial charge in [0, 0.05) is 32.2 Å². The Labute approximate surface area is 145 Å². The second kappa shape index (κ2) is 7.67. The first kappa shape index (κ1) is 19.0. The summed E-state index contributed by atoms with van der Waals surface area (Å²) in [6, 6.07) is 2.47. The minimum absolute atomic E-state index is 0.0837. The number of carbonyl (C=O) groups excluding carboxylic acids is 2. The lowest BCUT2D eigenvalue weighted by Gasteiger charge is -2.26. The Bertz CT molecular complexity index is 647. The molecule has 138 valence electrons. The molecule has 2 rings (SSSR count). The fourth-order valence-electron chi connectivity index (χ4n) is 2.41. The average Bonchev–Trinajstić information content (AvgIpc) is 2.74. The molecule has 0 saturated carbocycles. The van der Waals surface area contributed by atoms with E-state index >= 15 is 0 Å². The van der Waals surface area contributed by atoms with Gasteiger partial charge in [0.15, 0.2) is 0 Å². The number of benzene rings is 1. The largest absolute Gasteiger partial charge is 0.444 e. The minimum atomic E-state index is -0.835. The summed E-state index contributed by atoms with van der Waals surface area (Å²) in [5.74, 6) is -1.54. The Balaban J connectivity index is 1.93. The summed E-state index contributed by atoms with van der Waals surface area (Å²) in [6.45, 7) is 6.90. The zero-order valence-corrected chi connectivity index (χ0v) is 14.6. The van der Waals surface area contributed by atoms with Crippen LogP contribution in [0.5, 0.6) is 0 Å². The molecule has 1 aromatic rings. The van der Waals surface area contributed by atoms with Crippen molar-refractivity contribution >= 4 is 17.8 Å². The number of halogens is 2. The molecule has 0 atom stereocenters. The monoisotopic (exact) mass is 355 g/mol. The quantitative estimate of drug-likeness (QED) is 0.839. The maximum atomic E-state index is 13.6. The lowest BCUT2D eigenvalue weighted by molar-refractivity contribution is 0.0259. The normalized spacial score (nSPS) is 15.6. The molecule has 3 amide bonds. The summed E-state index contributed by atoms with van der Waals surface area (Å²) in [5.41, 5.74) is -0.666. The number of rotatable bonds is 1. The van der Waals surface area contributed by atoms with Crippen molar-refractivity contribution in [1.29, 1.82) is 0 Å². The Morgan fingerprint density at radius 1 is 1.08 bits per heavy atom. The van der Waals surface area contributed by atoms with Gasteiger partial charge in [-0.1, -0.05) is 0 Å². The zero-order chi connectivity index (χ0) is 18.6. The fourth-order valence-corrected chi connectivity index (χ4v) is 2.41. The fraction of sp³-hybridized carbons (Fsp3) is 0.529. The number of urea groups is 1. The summed E-state index contributed by atoms with van der Waals surface area (Å²) >= 11 is 0. The summed E-state index contributed by atoms with van der Waals surface area (Å²) in [4.78, 5) is 27.4. The molecular formula is C17H23F2N3O3. The molecule has 1 fully saturated rings. The Morgan fingerprint density at radius 2 is 1.72 bits per heavy atom. The molecule has 6 nitrogen and oxygen atoms in total. The Morgan fingerprint density at radius 3 is 2.36 bits per heavy atom. The van der Waals surface area contributed by atoms with Crippen LogP contribution >= 0.6 is 0 Å². The lowest BCUT2D eigenvalue weighted by atomic mass is 10.2. The van der Waals surface area contributed by atoms with Crippen LogP contribution in [0.15, 0.2) is 18.2 Å². The molecule has 1 heterocycles. The molecule has 0 aliphatic carbocycles. The van der Waals surface area contributed by atoms with Crippen molar-refractivity contribution in [3.05, 3.63) is 29.8 Å². The van der Waals surface area contributed by atoms with Crippen LogP contribution in [0.25, 0.3) is 0 Å². The van der Waals surface area contributed by atoms with Crippen molar-refractivity contribution in [2.24, 2.45) is 0 Å². The van der Waals surface area contributed by atoms with Crippen LogP contribution in [0.4, 0.5) is 24.1 Å². The first-order valence-corrected chi connectivity index (χ1v) is 8.14. The highest BCUT2D eigenvalue weighted by Crippen LogP contribution is 2.17. The first-order valence-electron chi connectivity index (χ1n) is 8.14. The lowest BCUT2D eigenvalue weighted by Crippen LogP contribution is -2.41. The standard InChI is InChI=1S/C17H23F2N3O3/c1-17(2,3)25-16(24)22-8-4-7-21(9-10-22)15(23)20-14-6-5-12(18)11-13(14)19/h5-6,11H,4,7-10H2,1-3H3,(H,20,23). The van der Waals surface area contributed by atoms with Gasteiger partial charge in [-0.05, 0) is 39.3 Å². The van der Waals surface area contributed by atoms with Crippen molar-refractivity contribution < 1.29 is 23.1 Å². The Kier molecular flexibility index (Phi) is 5.81. The molecule has 8 heteroatoms. The van der Waals surface area contributed by atoms with Gasteiger partial charge in [0.2, 0.25) is 0 Å². The predicted molar refractivity (Wildman–Crippen MR) is 89.4 cm³/mol. The van der Waals surface area contributed by atoms with Gasteiger partial charge in [0.05, 0.1) is 5.69 Å². The SMILES string of the molecule is CC(C)(C)OC(=O)N1CCCN(C(=O)Nc2ccc(F)cc2F)CC1. The van der Waals surface area contributed by atoms with E-state index in [-0.39, 0.29) is 5.69 Å². The van der Waals surface area contributed by atoms with Gasteiger partial charge in [0.25, 0.3) is 0 Å². The van der Waals surface area contributed by atoms with Crippen LogP contribution in [0.1, 0.15) is 27.2 Å². The summed E-state index contributed by atoms with van der Waals surface area (Å²) in [7, 11) is 0. The first-order chi connectivity index (χ1) is 11.7. The van der Waals surface area contributed by atoms with E-state index in [4.69, 9.17) is 4.74 Å². The highest BCUT2D eigenvalue weighted by molar-refractivity contribution is 5.89. The van der Waals surface area contributed by atoms with Crippen molar-refractivity contribution in [3.63, 3.8) is 0 Å². The van der Waals surface area contributed by atoms with Crippen LogP contribution in [-0.2, 0) is 4.74 Å². The summed E-state index contributed by atoms with van der Waals surface area (Å²) < 4.78 is 31.9. The van der Waals surface area contributed by atoms with E-state index in [1.807, 2.05) is 0 Å². The number of nitrogens with zero attached hydrogens (tertiary/aromatic N) is 2. The third-order valence-corrected chi connectivity index (χ3v) is 3.61. The number of anilines is 1. The maximum absolute atomic E-state index is 13.6. The van der Waals surface area contributed by atoms with Crippen LogP contribution in [-0.4, -0.2) is 53.7 Å². The maximum Gasteiger partial charge on any atom is 0.410 e. The third-order valence-electron chi connectivity index (χ3n) is 3.61. The van der Waals surface area contributed by atoms with Crippen molar-refractivity contribution in [1.82, 2.24) is 9.80 Å². The van der Waals surface area contributed by atoms with Crippen molar-refractivity contribution in [2.45, 2.75) is 32.8 Å². The molecule has 0 bridgehead atoms. The van der Waals surface area contributed by atoms with Gasteiger partial charge in [-0.2, -0.15) is 0 Å². The van der Waals surface area contributed by atoms with E-state index in [0.717, 1.165) is 6.07 Å². The molecule has 1 aliphatic heterocycles. The molecular weight excluding hydrogens is 332 g/mol. The van der Waals surface area contributed by atoms with E-state index in [0.29, 0.717) is 38.7 Å². The number of nitrogens with one attached hydrogen (secondary N) is 1. The Hall–Kier alpha value is -2.38. The van der Waals surface area contributed by atoms with Crippen LogP contribution < -0.4 is 5.32 Å². The van der Waals surface area contributed by atoms with Gasteiger partial charge >= 0.3 is 12.1 Å². The molecule has 0 radical (unpaired) electrons. The highest BCUT2D eigenvalue weighted by Gasteiger charge is 2.26. The van der Waals surface area contributed by atoms with Gasteiger partial charge in [-0.25, -0.2) is 18.4 Å². The van der Waals surface area contributed by atoms with Gasteiger partial charge in [-0.3, -0.25) is 0 Å². The molecule has 1 N–H and O–H groups in total. The average molecular weight is 355 g/mol. The molecule has 1 saturated heterocycles. The number of hydrogen-bond donors (Lipinski definition) is 1. The van der Waals surface area contributed by atoms with E-state index in [9.17, 15) is 18.4 Å². The molecule has 0 aromatic heterocycles. The predicted octanol–water partition coefficient (Wildman–Crippen LogP) is 3.44. The number of hydrogen-bond acceptors (Lipinski definition) is 3. The number of amides is 3. The minimum Gasteiger partial charge on any atom is -0.444 e. The zero-order valence-electron chi connectivity index (χ0n) is 14.6. The molecule has 0 spiro atoms. The third kappa shape index (κ3) is 5.58. The topological polar surface area (TPSA) is 61.9 Å². The second-order valence-electron chi connectivity index (χ2n) is 6.86. The molecule has 1 aromatic carbocycles. The number of carbonyl (C=O) groups is 2. The van der Waals surface area contributed by atoms with E-state index in [1.165, 1.54) is 11.0 Å². The van der Waals surface area contributed by atoms with Gasteiger partial charge < -0.3 is 19.9 Å². The van der Waals surface area contributed by atoms with E-state index in [2.05, 4.69) is 5.32 Å². The molecule has 1 aliphatic rings. The van der Waals surface area contributed by atoms with Gasteiger partial charge in [0.1, 0.15) is 17.2 Å². The molecule has 25 heavy (non-hydrogen) atoms. The number of ether oxygens (including phenoxy) is 1. The summed E-state index contributed by atoms with van der Waals surface area (Å²) in [5, 5.41) is 2.43. The van der Waals surface area contributed by atoms with E-state index < -0.39 is 29.4 Å². The van der Waals surface area contributed by atoms with Crippen LogP contribution in [0, 0.1) is 11.6 Å². The molecule has 0 unspecified atom stereocenters. The summed E-state index contributed by atoms with van der Waals surface area (Å²) in [6.07, 6.45) is 0.165. The van der Waals surface area contributed by atoms with E-state index in [1.54, 1.807) is 25.7 Å². The second-order valence-corrected chi connectivity index (χ2v) is 6.86. The smallest absolute Gasteiger partial charge is 0.410 e. The van der Waals surface area contributed by atoms with Gasteiger partial charge in [-0.15, -0.1) is 0 Å². The van der Waals surface area contributed by atoms with Crippen molar-refractivity contribution in [3.8, 4) is 0 Å².